The predicted octanol–water partition coefficient (Wildman–Crippen LogP) is 4.01. The van der Waals surface area contributed by atoms with E-state index in [1.54, 1.807) is 0 Å². The van der Waals surface area contributed by atoms with Crippen molar-refractivity contribution in [2.45, 2.75) is 33.2 Å². The molecule has 0 aliphatic rings. The van der Waals surface area contributed by atoms with Gasteiger partial charge in [0.15, 0.2) is 0 Å². The second-order valence-electron chi connectivity index (χ2n) is 3.67. The third kappa shape index (κ3) is 4.81. The van der Waals surface area contributed by atoms with Crippen LogP contribution in [0.2, 0.25) is 0 Å². The summed E-state index contributed by atoms with van der Waals surface area (Å²) < 4.78 is 52.1. The maximum atomic E-state index is 12.3. The van der Waals surface area contributed by atoms with Crippen molar-refractivity contribution in [3.05, 3.63) is 29.6 Å². The first-order valence-corrected chi connectivity index (χ1v) is 6.79. The molecule has 2 atom stereocenters. The quantitative estimate of drug-likeness (QED) is 0.775. The van der Waals surface area contributed by atoms with Gasteiger partial charge in [-0.1, -0.05) is 20.9 Å². The average molecular weight is 309 g/mol. The zero-order chi connectivity index (χ0) is 14.0. The van der Waals surface area contributed by atoms with Crippen LogP contribution in [-0.4, -0.2) is 15.4 Å². The summed E-state index contributed by atoms with van der Waals surface area (Å²) in [5.41, 5.74) is -0.673. The number of pyridine rings is 1. The van der Waals surface area contributed by atoms with Crippen molar-refractivity contribution in [2.24, 2.45) is 4.36 Å². The van der Waals surface area contributed by atoms with E-state index in [1.807, 2.05) is 0 Å². The first kappa shape index (κ1) is 20.7. The largest absolute Gasteiger partial charge is 0.433 e. The predicted molar refractivity (Wildman–Crippen MR) is 73.2 cm³/mol. The Hall–Kier alpha value is -1.62. The van der Waals surface area contributed by atoms with Crippen LogP contribution >= 0.6 is 0 Å². The molecule has 0 fully saturated rings. The van der Waals surface area contributed by atoms with Gasteiger partial charge in [-0.05, 0) is 18.6 Å². The number of aromatic nitrogens is 1. The molecule has 1 rings (SSSR count). The Morgan fingerprint density at radius 1 is 1.40 bits per heavy atom. The van der Waals surface area contributed by atoms with E-state index in [9.17, 15) is 17.4 Å². The van der Waals surface area contributed by atoms with Crippen molar-refractivity contribution in [3.8, 4) is 6.19 Å². The van der Waals surface area contributed by atoms with Gasteiger partial charge in [0.05, 0.1) is 15.0 Å². The van der Waals surface area contributed by atoms with E-state index in [1.165, 1.54) is 25.4 Å². The number of rotatable bonds is 2. The van der Waals surface area contributed by atoms with Crippen molar-refractivity contribution >= 4 is 9.73 Å². The van der Waals surface area contributed by atoms with Gasteiger partial charge in [0.2, 0.25) is 6.19 Å². The maximum Gasteiger partial charge on any atom is 0.433 e. The first-order valence-electron chi connectivity index (χ1n) is 4.80. The van der Waals surface area contributed by atoms with E-state index >= 15 is 0 Å². The molecule has 1 aromatic heterocycles. The van der Waals surface area contributed by atoms with Crippen LogP contribution in [0.4, 0.5) is 13.2 Å². The number of nitrogens with zero attached hydrogens (tertiary/aromatic N) is 3. The van der Waals surface area contributed by atoms with Gasteiger partial charge < -0.3 is 0 Å². The molecule has 0 aliphatic carbocycles. The second-order valence-corrected chi connectivity index (χ2v) is 6.28. The first-order chi connectivity index (χ1) is 8.18. The zero-order valence-corrected chi connectivity index (χ0v) is 10.4. The third-order valence-corrected chi connectivity index (χ3v) is 4.45. The average Bonchev–Trinajstić information content (AvgIpc) is 2.27. The van der Waals surface area contributed by atoms with E-state index in [-0.39, 0.29) is 14.9 Å². The molecule has 2 unspecified atom stereocenters. The molecule has 114 valence electrons. The van der Waals surface area contributed by atoms with Crippen LogP contribution in [0.3, 0.4) is 0 Å². The lowest BCUT2D eigenvalue weighted by molar-refractivity contribution is -0.141. The molecule has 1 heterocycles. The topological polar surface area (TPSA) is 66.1 Å². The van der Waals surface area contributed by atoms with Gasteiger partial charge in [0.1, 0.15) is 5.69 Å². The molecule has 0 saturated heterocycles. The Morgan fingerprint density at radius 2 is 1.95 bits per heavy atom. The summed E-state index contributed by atoms with van der Waals surface area (Å²) in [4.78, 5) is 3.27. The minimum Gasteiger partial charge on any atom is -0.251 e. The summed E-state index contributed by atoms with van der Waals surface area (Å²) in [7, 11) is -2.82. The SMILES string of the molecule is C.C.CC(c1ccc(C(F)(F)F)nc1)S(C)(=O)=NC#N. The van der Waals surface area contributed by atoms with E-state index in [0.29, 0.717) is 5.56 Å². The van der Waals surface area contributed by atoms with Crippen molar-refractivity contribution in [3.63, 3.8) is 0 Å². The van der Waals surface area contributed by atoms with Gasteiger partial charge in [-0.25, -0.2) is 4.21 Å². The van der Waals surface area contributed by atoms with Crippen LogP contribution in [0.1, 0.15) is 38.3 Å². The van der Waals surface area contributed by atoms with Crippen LogP contribution in [-0.2, 0) is 15.9 Å². The minimum atomic E-state index is -4.51. The van der Waals surface area contributed by atoms with E-state index in [4.69, 9.17) is 5.26 Å². The van der Waals surface area contributed by atoms with Gasteiger partial charge in [-0.3, -0.25) is 4.98 Å². The molecule has 0 N–H and O–H groups in total. The Morgan fingerprint density at radius 3 is 2.30 bits per heavy atom. The Bertz CT molecular complexity index is 581. The zero-order valence-electron chi connectivity index (χ0n) is 9.60. The minimum absolute atomic E-state index is 0. The van der Waals surface area contributed by atoms with Crippen molar-refractivity contribution in [1.82, 2.24) is 4.98 Å². The summed E-state index contributed by atoms with van der Waals surface area (Å²) in [5.74, 6) is 0. The fourth-order valence-electron chi connectivity index (χ4n) is 1.23. The van der Waals surface area contributed by atoms with E-state index < -0.39 is 26.8 Å². The standard InChI is InChI=1S/C10H10F3N3OS.2CH4/c1-7(18(2,17)16-6-14)8-3-4-9(15-5-8)10(11,12)13;;/h3-5,7H,1-2H3;2*1H4. The van der Waals surface area contributed by atoms with E-state index in [0.717, 1.165) is 12.3 Å². The Labute approximate surface area is 117 Å². The Balaban J connectivity index is 0. The summed E-state index contributed by atoms with van der Waals surface area (Å²) in [6.07, 6.45) is -0.784. The monoisotopic (exact) mass is 309 g/mol. The maximum absolute atomic E-state index is 12.3. The molecule has 4 nitrogen and oxygen atoms in total. The molecule has 0 radical (unpaired) electrons. The molecule has 0 amide bonds. The lowest BCUT2D eigenvalue weighted by Crippen LogP contribution is -2.11. The van der Waals surface area contributed by atoms with Gasteiger partial charge in [-0.15, -0.1) is 4.36 Å². The van der Waals surface area contributed by atoms with Crippen LogP contribution in [0.15, 0.2) is 22.7 Å². The highest BCUT2D eigenvalue weighted by Crippen LogP contribution is 2.29. The van der Waals surface area contributed by atoms with Crippen molar-refractivity contribution in [1.29, 1.82) is 5.26 Å². The molecule has 20 heavy (non-hydrogen) atoms. The number of halogens is 3. The highest BCUT2D eigenvalue weighted by molar-refractivity contribution is 7.93. The molecule has 0 aromatic carbocycles. The molecule has 0 saturated carbocycles. The highest BCUT2D eigenvalue weighted by atomic mass is 32.2. The van der Waals surface area contributed by atoms with Crippen molar-refractivity contribution < 1.29 is 17.4 Å². The fourth-order valence-corrected chi connectivity index (χ4v) is 2.19. The van der Waals surface area contributed by atoms with E-state index in [2.05, 4.69) is 9.35 Å². The second kappa shape index (κ2) is 7.24. The molecular formula is C12H18F3N3OS. The summed E-state index contributed by atoms with van der Waals surface area (Å²) in [6.45, 7) is 1.52. The normalized spacial score (nSPS) is 14.8. The number of hydrogen-bond donors (Lipinski definition) is 0. The fraction of sp³-hybridized carbons (Fsp3) is 0.500. The Kier molecular flexibility index (Phi) is 7.49. The number of hydrogen-bond acceptors (Lipinski definition) is 4. The molecule has 8 heteroatoms. The third-order valence-electron chi connectivity index (χ3n) is 2.42. The van der Waals surface area contributed by atoms with Gasteiger partial charge in [0.25, 0.3) is 0 Å². The molecular weight excluding hydrogens is 291 g/mol. The molecule has 0 bridgehead atoms. The van der Waals surface area contributed by atoms with Crippen molar-refractivity contribution in [2.75, 3.05) is 6.26 Å². The van der Waals surface area contributed by atoms with Gasteiger partial charge >= 0.3 is 6.18 Å². The van der Waals surface area contributed by atoms with Gasteiger partial charge in [-0.2, -0.15) is 18.4 Å². The molecule has 0 aliphatic heterocycles. The highest BCUT2D eigenvalue weighted by Gasteiger charge is 2.32. The molecule has 0 spiro atoms. The van der Waals surface area contributed by atoms with Crippen LogP contribution < -0.4 is 0 Å². The van der Waals surface area contributed by atoms with Crippen LogP contribution in [0.25, 0.3) is 0 Å². The summed E-state index contributed by atoms with van der Waals surface area (Å²) >= 11 is 0. The number of alkyl halides is 3. The van der Waals surface area contributed by atoms with Crippen LogP contribution in [0, 0.1) is 11.5 Å². The smallest absolute Gasteiger partial charge is 0.251 e. The summed E-state index contributed by atoms with van der Waals surface area (Å²) in [5, 5.41) is 7.71. The lowest BCUT2D eigenvalue weighted by atomic mass is 10.2. The summed E-state index contributed by atoms with van der Waals surface area (Å²) in [6, 6.07) is 2.00. The van der Waals surface area contributed by atoms with Crippen LogP contribution in [0.5, 0.6) is 0 Å². The lowest BCUT2D eigenvalue weighted by Gasteiger charge is -2.13. The molecule has 1 aromatic rings. The number of nitriles is 1. The van der Waals surface area contributed by atoms with Gasteiger partial charge in [0, 0.05) is 12.5 Å².